The number of unbranched alkanes of at least 4 members (excludes halogenated alkanes) is 2. The lowest BCUT2D eigenvalue weighted by Crippen LogP contribution is -2.57. The molecule has 0 aromatic carbocycles. The van der Waals surface area contributed by atoms with Crippen LogP contribution in [0.3, 0.4) is 0 Å². The van der Waals surface area contributed by atoms with Crippen molar-refractivity contribution in [1.29, 1.82) is 0 Å². The summed E-state index contributed by atoms with van der Waals surface area (Å²) in [4.78, 5) is 26.4. The number of aromatic amines is 1. The summed E-state index contributed by atoms with van der Waals surface area (Å²) in [5, 5.41) is 10.1. The second kappa shape index (κ2) is 14.0. The van der Waals surface area contributed by atoms with Crippen molar-refractivity contribution in [2.24, 2.45) is 0 Å². The lowest BCUT2D eigenvalue weighted by atomic mass is 10.0. The second-order valence-corrected chi connectivity index (χ2v) is 9.96. The molecular formula is C21H39N3O8S. The van der Waals surface area contributed by atoms with Crippen LogP contribution in [-0.4, -0.2) is 74.0 Å². The van der Waals surface area contributed by atoms with E-state index in [9.17, 15) is 23.1 Å². The Labute approximate surface area is 195 Å². The maximum atomic E-state index is 12.6. The van der Waals surface area contributed by atoms with E-state index in [1.54, 1.807) is 6.92 Å². The fraction of sp³-hybridized carbons (Fsp3) is 0.810. The normalized spacial score (nSPS) is 15.8. The van der Waals surface area contributed by atoms with Gasteiger partial charge >= 0.3 is 5.69 Å². The molecular weight excluding hydrogens is 454 g/mol. The van der Waals surface area contributed by atoms with E-state index in [1.807, 2.05) is 13.8 Å². The number of nitrogens with zero attached hydrogens (tertiary/aromatic N) is 1. The second-order valence-electron chi connectivity index (χ2n) is 8.03. The Bertz CT molecular complexity index is 930. The average Bonchev–Trinajstić information content (AvgIpc) is 2.77. The quantitative estimate of drug-likeness (QED) is 0.268. The summed E-state index contributed by atoms with van der Waals surface area (Å²) in [6, 6.07) is 0. The molecule has 0 aliphatic carbocycles. The summed E-state index contributed by atoms with van der Waals surface area (Å²) < 4.78 is 46.5. The number of aromatic nitrogens is 2. The molecule has 1 aromatic rings. The van der Waals surface area contributed by atoms with Crippen molar-refractivity contribution in [3.63, 3.8) is 0 Å². The SMILES string of the molecule is CCCCOC[C@@](CS(=O)(=O)NC)(O[C@H](CO)n1cc(C)c(=O)[nH]c1=O)[C@@H](C)OCCCC. The largest absolute Gasteiger partial charge is 0.392 e. The summed E-state index contributed by atoms with van der Waals surface area (Å²) in [6.07, 6.45) is 2.51. The fourth-order valence-electron chi connectivity index (χ4n) is 3.13. The Hall–Kier alpha value is -1.57. The van der Waals surface area contributed by atoms with E-state index in [0.717, 1.165) is 30.3 Å². The molecule has 0 spiro atoms. The molecule has 3 N–H and O–H groups in total. The molecule has 0 saturated heterocycles. The Kier molecular flexibility index (Phi) is 12.5. The molecule has 0 aliphatic heterocycles. The smallest absolute Gasteiger partial charge is 0.330 e. The number of rotatable bonds is 17. The molecule has 11 nitrogen and oxygen atoms in total. The summed E-state index contributed by atoms with van der Waals surface area (Å²) in [5.74, 6) is -0.524. The average molecular weight is 494 g/mol. The van der Waals surface area contributed by atoms with Gasteiger partial charge in [0.15, 0.2) is 6.23 Å². The Morgan fingerprint density at radius 2 is 1.85 bits per heavy atom. The van der Waals surface area contributed by atoms with E-state index in [0.29, 0.717) is 13.2 Å². The van der Waals surface area contributed by atoms with Gasteiger partial charge in [0.2, 0.25) is 10.0 Å². The lowest BCUT2D eigenvalue weighted by molar-refractivity contribution is -0.209. The van der Waals surface area contributed by atoms with Crippen LogP contribution >= 0.6 is 0 Å². The number of aryl methyl sites for hydroxylation is 1. The standard InChI is InChI=1S/C21H39N3O8S/c1-6-8-10-30-14-21(15-33(28,29)22-5,17(4)31-11-9-7-2)32-18(13-25)24-12-16(3)19(26)23-20(24)27/h12,17-18,22,25H,6-11,13-15H2,1-5H3,(H,23,26,27)/t17-,18-,21+/m1/s1. The third kappa shape index (κ3) is 8.95. The summed E-state index contributed by atoms with van der Waals surface area (Å²) in [5.41, 5.74) is -2.67. The molecule has 0 aliphatic rings. The van der Waals surface area contributed by atoms with Crippen LogP contribution in [-0.2, 0) is 24.2 Å². The molecule has 0 unspecified atom stereocenters. The highest BCUT2D eigenvalue weighted by atomic mass is 32.2. The third-order valence-corrected chi connectivity index (χ3v) is 6.81. The van der Waals surface area contributed by atoms with E-state index in [-0.39, 0.29) is 12.2 Å². The topological polar surface area (TPSA) is 149 Å². The van der Waals surface area contributed by atoms with Crippen LogP contribution in [0.15, 0.2) is 15.8 Å². The van der Waals surface area contributed by atoms with Crippen molar-refractivity contribution in [3.05, 3.63) is 32.6 Å². The van der Waals surface area contributed by atoms with E-state index in [1.165, 1.54) is 20.2 Å². The number of nitrogens with one attached hydrogen (secondary N) is 2. The highest BCUT2D eigenvalue weighted by molar-refractivity contribution is 7.89. The lowest BCUT2D eigenvalue weighted by Gasteiger charge is -2.40. The maximum Gasteiger partial charge on any atom is 0.330 e. The fourth-order valence-corrected chi connectivity index (χ4v) is 4.31. The first-order valence-electron chi connectivity index (χ1n) is 11.3. The van der Waals surface area contributed by atoms with Gasteiger partial charge in [0, 0.05) is 25.0 Å². The monoisotopic (exact) mass is 493 g/mol. The van der Waals surface area contributed by atoms with Crippen LogP contribution in [0.1, 0.15) is 58.2 Å². The minimum absolute atomic E-state index is 0.144. The molecule has 0 saturated carbocycles. The van der Waals surface area contributed by atoms with Crippen LogP contribution in [0.5, 0.6) is 0 Å². The van der Waals surface area contributed by atoms with Gasteiger partial charge in [-0.3, -0.25) is 14.3 Å². The van der Waals surface area contributed by atoms with Crippen molar-refractivity contribution in [3.8, 4) is 0 Å². The summed E-state index contributed by atoms with van der Waals surface area (Å²) in [6.45, 7) is 7.15. The molecule has 0 amide bonds. The van der Waals surface area contributed by atoms with E-state index < -0.39 is 51.6 Å². The highest BCUT2D eigenvalue weighted by Gasteiger charge is 2.45. The van der Waals surface area contributed by atoms with Gasteiger partial charge in [-0.1, -0.05) is 26.7 Å². The van der Waals surface area contributed by atoms with Crippen molar-refractivity contribution >= 4 is 10.0 Å². The summed E-state index contributed by atoms with van der Waals surface area (Å²) >= 11 is 0. The molecule has 0 fully saturated rings. The first kappa shape index (κ1) is 29.5. The molecule has 1 aromatic heterocycles. The van der Waals surface area contributed by atoms with Gasteiger partial charge in [0.1, 0.15) is 5.60 Å². The van der Waals surface area contributed by atoms with Crippen LogP contribution < -0.4 is 16.0 Å². The van der Waals surface area contributed by atoms with E-state index in [2.05, 4.69) is 9.71 Å². The molecule has 192 valence electrons. The van der Waals surface area contributed by atoms with Gasteiger partial charge in [-0.05, 0) is 33.7 Å². The molecule has 33 heavy (non-hydrogen) atoms. The van der Waals surface area contributed by atoms with E-state index in [4.69, 9.17) is 14.2 Å². The van der Waals surface area contributed by atoms with Crippen LogP contribution in [0.4, 0.5) is 0 Å². The maximum absolute atomic E-state index is 12.6. The zero-order valence-electron chi connectivity index (χ0n) is 20.3. The van der Waals surface area contributed by atoms with Gasteiger partial charge in [-0.15, -0.1) is 0 Å². The Balaban J connectivity index is 3.47. The molecule has 1 rings (SSSR count). The number of H-pyrrole nitrogens is 1. The number of hydrogen-bond donors (Lipinski definition) is 3. The molecule has 0 radical (unpaired) electrons. The Morgan fingerprint density at radius 3 is 2.42 bits per heavy atom. The van der Waals surface area contributed by atoms with Crippen LogP contribution in [0.25, 0.3) is 0 Å². The van der Waals surface area contributed by atoms with Crippen molar-refractivity contribution < 1.29 is 27.7 Å². The van der Waals surface area contributed by atoms with Crippen LogP contribution in [0, 0.1) is 6.92 Å². The number of sulfonamides is 1. The number of hydrogen-bond acceptors (Lipinski definition) is 8. The van der Waals surface area contributed by atoms with Crippen LogP contribution in [0.2, 0.25) is 0 Å². The van der Waals surface area contributed by atoms with E-state index >= 15 is 0 Å². The zero-order chi connectivity index (χ0) is 25.1. The van der Waals surface area contributed by atoms with Gasteiger partial charge < -0.3 is 19.3 Å². The summed E-state index contributed by atoms with van der Waals surface area (Å²) in [7, 11) is -2.53. The predicted molar refractivity (Wildman–Crippen MR) is 125 cm³/mol. The minimum atomic E-state index is -3.82. The Morgan fingerprint density at radius 1 is 1.21 bits per heavy atom. The van der Waals surface area contributed by atoms with Crippen molar-refractivity contribution in [2.45, 2.75) is 71.3 Å². The molecule has 1 heterocycles. The minimum Gasteiger partial charge on any atom is -0.392 e. The highest BCUT2D eigenvalue weighted by Crippen LogP contribution is 2.28. The van der Waals surface area contributed by atoms with Gasteiger partial charge in [-0.2, -0.15) is 0 Å². The number of aliphatic hydroxyl groups excluding tert-OH is 1. The molecule has 0 bridgehead atoms. The zero-order valence-corrected chi connectivity index (χ0v) is 21.1. The van der Waals surface area contributed by atoms with Crippen molar-refractivity contribution in [1.82, 2.24) is 14.3 Å². The van der Waals surface area contributed by atoms with Gasteiger partial charge in [-0.25, -0.2) is 17.9 Å². The van der Waals surface area contributed by atoms with Gasteiger partial charge in [0.25, 0.3) is 5.56 Å². The number of ether oxygens (including phenoxy) is 3. The predicted octanol–water partition coefficient (Wildman–Crippen LogP) is 0.662. The first-order valence-corrected chi connectivity index (χ1v) is 12.9. The van der Waals surface area contributed by atoms with Gasteiger partial charge in [0.05, 0.1) is 25.1 Å². The first-order chi connectivity index (χ1) is 15.6. The molecule has 12 heteroatoms. The van der Waals surface area contributed by atoms with Crippen molar-refractivity contribution in [2.75, 3.05) is 39.2 Å². The third-order valence-electron chi connectivity index (χ3n) is 5.32. The molecule has 3 atom stereocenters. The number of aliphatic hydroxyl groups is 1.